The maximum atomic E-state index is 2.44. The first-order valence-electron chi connectivity index (χ1n) is 4.47. The summed E-state index contributed by atoms with van der Waals surface area (Å²) in [5, 5.41) is 3.06. The minimum atomic E-state index is -1.03. The molecule has 0 aliphatic heterocycles. The van der Waals surface area contributed by atoms with Gasteiger partial charge in [0.1, 0.15) is 0 Å². The molecule has 0 saturated carbocycles. The van der Waals surface area contributed by atoms with E-state index in [1.54, 1.807) is 4.65 Å². The Kier molecular flexibility index (Phi) is 2.36. The van der Waals surface area contributed by atoms with E-state index in [1.807, 2.05) is 0 Å². The van der Waals surface area contributed by atoms with Gasteiger partial charge in [-0.25, -0.2) is 0 Å². The lowest BCUT2D eigenvalue weighted by atomic mass is 10.4. The number of hydrogen-bond acceptors (Lipinski definition) is 0. The summed E-state index contributed by atoms with van der Waals surface area (Å²) in [7, 11) is 1.97. The molecule has 0 spiro atoms. The van der Waals surface area contributed by atoms with Gasteiger partial charge < -0.3 is 16.4 Å². The fourth-order valence-electron chi connectivity index (χ4n) is 1.24. The van der Waals surface area contributed by atoms with E-state index in [0.29, 0.717) is 0 Å². The lowest BCUT2D eigenvalue weighted by Crippen LogP contribution is -2.32. The predicted molar refractivity (Wildman–Crippen MR) is 67.5 cm³/mol. The molecular weight excluding hydrogens is 210 g/mol. The Balaban J connectivity index is 2.63. The summed E-state index contributed by atoms with van der Waals surface area (Å²) in [6.45, 7) is 7.32. The van der Waals surface area contributed by atoms with Crippen molar-refractivity contribution in [2.75, 3.05) is 0 Å². The van der Waals surface area contributed by atoms with Gasteiger partial charge in [0, 0.05) is 8.07 Å². The van der Waals surface area contributed by atoms with Crippen molar-refractivity contribution in [1.82, 2.24) is 0 Å². The molecule has 1 aromatic heterocycles. The van der Waals surface area contributed by atoms with Gasteiger partial charge in [-0.05, 0) is 0 Å². The van der Waals surface area contributed by atoms with Crippen LogP contribution in [0.4, 0.5) is 0 Å². The van der Waals surface area contributed by atoms with Gasteiger partial charge in [0.2, 0.25) is 0 Å². The summed E-state index contributed by atoms with van der Waals surface area (Å²) in [6.07, 6.45) is 0. The molecule has 2 rings (SSSR count). The molecule has 0 amide bonds. The fraction of sp³-hybridized carbons (Fsp3) is 0.300. The molecule has 0 aliphatic rings. The zero-order valence-electron chi connectivity index (χ0n) is 8.20. The third-order valence-corrected chi connectivity index (χ3v) is 10.5. The van der Waals surface area contributed by atoms with Crippen molar-refractivity contribution in [2.45, 2.75) is 19.6 Å². The quantitative estimate of drug-likeness (QED) is 0.633. The van der Waals surface area contributed by atoms with Crippen LogP contribution in [-0.2, 0) is 0 Å². The Morgan fingerprint density at radius 2 is 1.85 bits per heavy atom. The highest BCUT2D eigenvalue weighted by atomic mass is 31.1. The van der Waals surface area contributed by atoms with E-state index in [1.165, 1.54) is 26.6 Å². The molecule has 0 nitrogen and oxygen atoms in total. The molecule has 1 heterocycles. The van der Waals surface area contributed by atoms with E-state index in [0.717, 1.165) is 0 Å². The maximum Gasteiger partial charge on any atom is 0.0474 e. The van der Waals surface area contributed by atoms with E-state index in [4.69, 9.17) is 0 Å². The first-order chi connectivity index (χ1) is 6.07. The van der Waals surface area contributed by atoms with Crippen LogP contribution in [0.5, 0.6) is 0 Å². The Morgan fingerprint density at radius 3 is 2.46 bits per heavy atom. The molecule has 0 atom stereocenters. The fourth-order valence-corrected chi connectivity index (χ4v) is 6.95. The van der Waals surface area contributed by atoms with Crippen LogP contribution in [0.15, 0.2) is 24.3 Å². The minimum absolute atomic E-state index is 1.03. The van der Waals surface area contributed by atoms with Crippen LogP contribution in [0.25, 0.3) is 10.2 Å². The van der Waals surface area contributed by atoms with Gasteiger partial charge >= 0.3 is 0 Å². The Bertz CT molecular complexity index is 393. The highest BCUT2D eigenvalue weighted by Crippen LogP contribution is 2.33. The normalized spacial score (nSPS) is 13.5. The van der Waals surface area contributed by atoms with Crippen molar-refractivity contribution in [2.24, 2.45) is 0 Å². The summed E-state index contributed by atoms with van der Waals surface area (Å²) in [5.74, 6) is 0. The summed E-state index contributed by atoms with van der Waals surface area (Å²) >= 11 is 0. The number of fused-ring (bicyclic) bond motifs is 1. The summed E-state index contributed by atoms with van der Waals surface area (Å²) in [5.41, 5.74) is 0. The van der Waals surface area contributed by atoms with E-state index in [9.17, 15) is 0 Å². The molecule has 1 aromatic carbocycles. The van der Waals surface area contributed by atoms with Gasteiger partial charge in [-0.2, -0.15) is 4.65 Å². The molecule has 3 heteroatoms. The van der Waals surface area contributed by atoms with Crippen LogP contribution in [0.2, 0.25) is 19.6 Å². The Morgan fingerprint density at radius 1 is 1.15 bits per heavy atom. The molecule has 13 heavy (non-hydrogen) atoms. The molecule has 0 bridgehead atoms. The molecule has 2 aromatic rings. The maximum absolute atomic E-state index is 2.44. The summed E-state index contributed by atoms with van der Waals surface area (Å²) in [4.78, 5) is 0. The second-order valence-corrected chi connectivity index (χ2v) is 12.8. The lowest BCUT2D eigenvalue weighted by Gasteiger charge is -2.20. The first kappa shape index (κ1) is 9.46. The van der Waals surface area contributed by atoms with Crippen LogP contribution in [0, 0.1) is 0 Å². The third-order valence-electron chi connectivity index (χ3n) is 2.01. The van der Waals surface area contributed by atoms with Crippen molar-refractivity contribution in [3.05, 3.63) is 24.3 Å². The van der Waals surface area contributed by atoms with Crippen molar-refractivity contribution in [3.8, 4) is 0 Å². The van der Waals surface area contributed by atoms with Crippen LogP contribution >= 0.6 is 16.4 Å². The van der Waals surface area contributed by atoms with Gasteiger partial charge in [-0.3, -0.25) is 0 Å². The molecule has 0 unspecified atom stereocenters. The second-order valence-electron chi connectivity index (χ2n) is 4.29. The van der Waals surface area contributed by atoms with Gasteiger partial charge in [0.15, 0.2) is 0 Å². The lowest BCUT2D eigenvalue weighted by molar-refractivity contribution is 1.82. The molecular formula is C10H13P2Si-. The average Bonchev–Trinajstić information content (AvgIpc) is 2.45. The molecule has 68 valence electrons. The number of benzene rings is 1. The van der Waals surface area contributed by atoms with E-state index in [-0.39, 0.29) is 0 Å². The largest absolute Gasteiger partial charge is 0.307 e. The zero-order chi connectivity index (χ0) is 9.47. The zero-order valence-corrected chi connectivity index (χ0v) is 11.0. The SMILES string of the molecule is C[Si](C)(C)c1pc2ccccc2[p-]1. The molecule has 0 N–H and O–H groups in total. The predicted octanol–water partition coefficient (Wildman–Crippen LogP) is 4.26. The van der Waals surface area contributed by atoms with Crippen molar-refractivity contribution < 1.29 is 0 Å². The Hall–Kier alpha value is -0.0931. The average molecular weight is 223 g/mol. The smallest absolute Gasteiger partial charge is 0.0474 e. The van der Waals surface area contributed by atoms with Crippen molar-refractivity contribution in [1.29, 1.82) is 0 Å². The van der Waals surface area contributed by atoms with Crippen LogP contribution < -0.4 is 4.65 Å². The summed E-state index contributed by atoms with van der Waals surface area (Å²) < 4.78 is 1.76. The van der Waals surface area contributed by atoms with Gasteiger partial charge in [0.25, 0.3) is 0 Å². The number of hydrogen-bond donors (Lipinski definition) is 0. The molecule has 0 aliphatic carbocycles. The Labute approximate surface area is 83.6 Å². The van der Waals surface area contributed by atoms with Crippen molar-refractivity contribution in [3.63, 3.8) is 0 Å². The van der Waals surface area contributed by atoms with Gasteiger partial charge in [0.05, 0.1) is 0 Å². The van der Waals surface area contributed by atoms with E-state index in [2.05, 4.69) is 43.9 Å². The molecule has 0 saturated heterocycles. The van der Waals surface area contributed by atoms with Gasteiger partial charge in [-0.15, -0.1) is 10.2 Å². The highest BCUT2D eigenvalue weighted by molar-refractivity contribution is 7.67. The monoisotopic (exact) mass is 223 g/mol. The minimum Gasteiger partial charge on any atom is -0.307 e. The highest BCUT2D eigenvalue weighted by Gasteiger charge is 2.10. The second kappa shape index (κ2) is 3.24. The standard InChI is InChI=1S/C10H13P2Si/c1-13(2,3)10-11-8-6-4-5-7-9(8)12-10/h4-7H,1-3H3/q-1. The molecule has 0 fully saturated rings. The van der Waals surface area contributed by atoms with E-state index < -0.39 is 8.07 Å². The number of rotatable bonds is 1. The topological polar surface area (TPSA) is 0 Å². The van der Waals surface area contributed by atoms with Crippen LogP contribution in [0.3, 0.4) is 0 Å². The molecule has 0 radical (unpaired) electrons. The van der Waals surface area contributed by atoms with E-state index >= 15 is 0 Å². The van der Waals surface area contributed by atoms with Crippen LogP contribution in [-0.4, -0.2) is 8.07 Å². The third kappa shape index (κ3) is 1.88. The first-order valence-corrected chi connectivity index (χ1v) is 9.76. The van der Waals surface area contributed by atoms with Crippen LogP contribution in [0.1, 0.15) is 0 Å². The van der Waals surface area contributed by atoms with Gasteiger partial charge in [-0.1, -0.05) is 43.9 Å². The summed E-state index contributed by atoms with van der Waals surface area (Å²) in [6, 6.07) is 8.82. The van der Waals surface area contributed by atoms with Crippen molar-refractivity contribution >= 4 is 39.3 Å².